The Morgan fingerprint density at radius 3 is 2.62 bits per heavy atom. The number of fused-ring (bicyclic) bond motifs is 2. The van der Waals surface area contributed by atoms with E-state index in [1.807, 2.05) is 25.0 Å². The molecule has 0 amide bonds. The lowest BCUT2D eigenvalue weighted by atomic mass is 9.81. The fourth-order valence-electron chi connectivity index (χ4n) is 7.46. The van der Waals surface area contributed by atoms with Gasteiger partial charge in [0.2, 0.25) is 0 Å². The number of aryl methyl sites for hydroxylation is 1. The first-order valence-electron chi connectivity index (χ1n) is 15.3. The van der Waals surface area contributed by atoms with Crippen molar-refractivity contribution in [1.29, 1.82) is 0 Å². The van der Waals surface area contributed by atoms with Crippen LogP contribution in [-0.2, 0) is 29.5 Å². The molecule has 2 fully saturated rings. The minimum Gasteiger partial charge on any atom is -0.381 e. The van der Waals surface area contributed by atoms with Gasteiger partial charge in [0.25, 0.3) is 0 Å². The molecule has 3 aliphatic rings. The highest BCUT2D eigenvalue weighted by molar-refractivity contribution is 5.92. The molecule has 3 atom stereocenters. The fourth-order valence-corrected chi connectivity index (χ4v) is 7.46. The molecule has 2 aromatic heterocycles. The molecule has 220 valence electrons. The summed E-state index contributed by atoms with van der Waals surface area (Å²) in [6.45, 7) is 13.4. The molecule has 5 heterocycles. The van der Waals surface area contributed by atoms with Crippen LogP contribution in [0.1, 0.15) is 55.5 Å². The van der Waals surface area contributed by atoms with Crippen LogP contribution in [0, 0.1) is 12.3 Å². The zero-order valence-electron chi connectivity index (χ0n) is 25.7. The van der Waals surface area contributed by atoms with E-state index < -0.39 is 0 Å². The average Bonchev–Trinajstić information content (AvgIpc) is 3.37. The Morgan fingerprint density at radius 2 is 1.88 bits per heavy atom. The standard InChI is InChI=1S/C34H42N6O2/c1-21-24(27-19-42-22(27)2)10-8-12-29(21)39-15-13-28-26(18-39)33(40-16-14-30(41-6)34(3,4)20-40)37-32(36-28)25-11-7-9-23-17-35-38(5)31(23)25/h7-12,17,22,27,30H,13-16,18-20H2,1-6H3/t22-,27?,30?/m0/s1. The quantitative estimate of drug-likeness (QED) is 0.309. The molecule has 3 aliphatic heterocycles. The zero-order chi connectivity index (χ0) is 29.2. The van der Waals surface area contributed by atoms with Gasteiger partial charge in [-0.3, -0.25) is 4.68 Å². The van der Waals surface area contributed by atoms with Gasteiger partial charge in [-0.1, -0.05) is 38.1 Å². The van der Waals surface area contributed by atoms with Gasteiger partial charge in [-0.05, 0) is 43.5 Å². The van der Waals surface area contributed by atoms with Gasteiger partial charge in [-0.15, -0.1) is 0 Å². The van der Waals surface area contributed by atoms with Crippen molar-refractivity contribution in [2.75, 3.05) is 43.2 Å². The van der Waals surface area contributed by atoms with Crippen LogP contribution < -0.4 is 9.80 Å². The number of ether oxygens (including phenoxy) is 2. The largest absolute Gasteiger partial charge is 0.381 e. The molecule has 0 N–H and O–H groups in total. The van der Waals surface area contributed by atoms with E-state index in [0.29, 0.717) is 5.92 Å². The Hall–Kier alpha value is -3.49. The first-order valence-corrected chi connectivity index (χ1v) is 15.3. The van der Waals surface area contributed by atoms with Crippen molar-refractivity contribution in [2.24, 2.45) is 12.5 Å². The molecule has 2 saturated heterocycles. The van der Waals surface area contributed by atoms with E-state index in [-0.39, 0.29) is 17.6 Å². The molecule has 0 aliphatic carbocycles. The number of nitrogens with zero attached hydrogens (tertiary/aromatic N) is 6. The fraction of sp³-hybridized carbons (Fsp3) is 0.500. The second kappa shape index (κ2) is 10.3. The molecule has 4 aromatic rings. The van der Waals surface area contributed by atoms with Gasteiger partial charge in [0.15, 0.2) is 5.82 Å². The summed E-state index contributed by atoms with van der Waals surface area (Å²) in [6.07, 6.45) is 4.28. The minimum atomic E-state index is 0.00780. The van der Waals surface area contributed by atoms with E-state index in [1.165, 1.54) is 22.4 Å². The van der Waals surface area contributed by atoms with Crippen molar-refractivity contribution in [3.8, 4) is 11.4 Å². The molecule has 8 heteroatoms. The number of aromatic nitrogens is 4. The third-order valence-electron chi connectivity index (χ3n) is 9.95. The summed E-state index contributed by atoms with van der Waals surface area (Å²) in [5.74, 6) is 2.33. The monoisotopic (exact) mass is 566 g/mol. The summed E-state index contributed by atoms with van der Waals surface area (Å²) in [5.41, 5.74) is 8.61. The Morgan fingerprint density at radius 1 is 1.05 bits per heavy atom. The highest BCUT2D eigenvalue weighted by atomic mass is 16.5. The van der Waals surface area contributed by atoms with Crippen LogP contribution in [-0.4, -0.2) is 65.3 Å². The summed E-state index contributed by atoms with van der Waals surface area (Å²) in [4.78, 5) is 15.7. The van der Waals surface area contributed by atoms with Gasteiger partial charge in [-0.2, -0.15) is 5.10 Å². The Balaban J connectivity index is 1.32. The first-order chi connectivity index (χ1) is 20.2. The number of methoxy groups -OCH3 is 1. The summed E-state index contributed by atoms with van der Waals surface area (Å²) < 4.78 is 13.6. The summed E-state index contributed by atoms with van der Waals surface area (Å²) in [7, 11) is 3.83. The zero-order valence-corrected chi connectivity index (χ0v) is 25.7. The Labute approximate surface area is 248 Å². The van der Waals surface area contributed by atoms with Gasteiger partial charge >= 0.3 is 0 Å². The first kappa shape index (κ1) is 27.3. The normalized spacial score (nSPS) is 23.6. The summed E-state index contributed by atoms with van der Waals surface area (Å²) in [5, 5.41) is 5.63. The molecule has 0 bridgehead atoms. The highest BCUT2D eigenvalue weighted by Crippen LogP contribution is 2.40. The van der Waals surface area contributed by atoms with Crippen molar-refractivity contribution in [2.45, 2.75) is 65.2 Å². The lowest BCUT2D eigenvalue weighted by molar-refractivity contribution is -0.0646. The van der Waals surface area contributed by atoms with E-state index in [0.717, 1.165) is 79.4 Å². The maximum Gasteiger partial charge on any atom is 0.163 e. The summed E-state index contributed by atoms with van der Waals surface area (Å²) in [6, 6.07) is 13.1. The van der Waals surface area contributed by atoms with Gasteiger partial charge in [0, 0.05) is 80.3 Å². The number of anilines is 2. The van der Waals surface area contributed by atoms with Gasteiger partial charge in [-0.25, -0.2) is 9.97 Å². The highest BCUT2D eigenvalue weighted by Gasteiger charge is 2.38. The number of para-hydroxylation sites is 1. The smallest absolute Gasteiger partial charge is 0.163 e. The van der Waals surface area contributed by atoms with Crippen LogP contribution in [0.15, 0.2) is 42.6 Å². The van der Waals surface area contributed by atoms with Crippen LogP contribution in [0.3, 0.4) is 0 Å². The number of piperidine rings is 1. The van der Waals surface area contributed by atoms with Crippen molar-refractivity contribution in [1.82, 2.24) is 19.7 Å². The van der Waals surface area contributed by atoms with E-state index >= 15 is 0 Å². The minimum absolute atomic E-state index is 0.00780. The number of rotatable bonds is 5. The van der Waals surface area contributed by atoms with Crippen molar-refractivity contribution >= 4 is 22.4 Å². The van der Waals surface area contributed by atoms with Crippen LogP contribution in [0.4, 0.5) is 11.5 Å². The van der Waals surface area contributed by atoms with Crippen LogP contribution in [0.2, 0.25) is 0 Å². The van der Waals surface area contributed by atoms with Crippen molar-refractivity contribution < 1.29 is 9.47 Å². The second-order valence-electron chi connectivity index (χ2n) is 13.0. The predicted molar refractivity (Wildman–Crippen MR) is 167 cm³/mol. The van der Waals surface area contributed by atoms with E-state index in [1.54, 1.807) is 0 Å². The van der Waals surface area contributed by atoms with Crippen molar-refractivity contribution in [3.05, 3.63) is 65.0 Å². The molecule has 8 nitrogen and oxygen atoms in total. The lowest BCUT2D eigenvalue weighted by Gasteiger charge is -2.45. The van der Waals surface area contributed by atoms with Gasteiger partial charge < -0.3 is 19.3 Å². The maximum atomic E-state index is 5.90. The van der Waals surface area contributed by atoms with E-state index in [9.17, 15) is 0 Å². The topological polar surface area (TPSA) is 68.5 Å². The third-order valence-corrected chi connectivity index (χ3v) is 9.95. The van der Waals surface area contributed by atoms with Gasteiger partial charge in [0.05, 0.1) is 36.2 Å². The molecule has 0 radical (unpaired) electrons. The molecule has 7 rings (SSSR count). The summed E-state index contributed by atoms with van der Waals surface area (Å²) >= 11 is 0. The van der Waals surface area contributed by atoms with Crippen LogP contribution >= 0.6 is 0 Å². The lowest BCUT2D eigenvalue weighted by Crippen LogP contribution is -2.50. The molecular formula is C34H42N6O2. The molecule has 0 spiro atoms. The maximum absolute atomic E-state index is 5.90. The van der Waals surface area contributed by atoms with E-state index in [4.69, 9.17) is 19.4 Å². The SMILES string of the molecule is COC1CCN(c2nc(-c3cccc4cnn(C)c34)nc3c2CN(c2cccc(C4CO[C@H]4C)c2C)CC3)CC1(C)C. The van der Waals surface area contributed by atoms with Gasteiger partial charge in [0.1, 0.15) is 5.82 Å². The third kappa shape index (κ3) is 4.47. The molecule has 2 unspecified atom stereocenters. The Bertz CT molecular complexity index is 1640. The predicted octanol–water partition coefficient (Wildman–Crippen LogP) is 5.66. The average molecular weight is 567 g/mol. The van der Waals surface area contributed by atoms with E-state index in [2.05, 4.69) is 79.0 Å². The second-order valence-corrected chi connectivity index (χ2v) is 13.0. The molecule has 0 saturated carbocycles. The van der Waals surface area contributed by atoms with Crippen molar-refractivity contribution in [3.63, 3.8) is 0 Å². The van der Waals surface area contributed by atoms with Crippen LogP contribution in [0.25, 0.3) is 22.3 Å². The van der Waals surface area contributed by atoms with Crippen LogP contribution in [0.5, 0.6) is 0 Å². The number of benzene rings is 2. The Kier molecular flexibility index (Phi) is 6.74. The molecular weight excluding hydrogens is 524 g/mol. The number of hydrogen-bond donors (Lipinski definition) is 0. The number of hydrogen-bond acceptors (Lipinski definition) is 7. The molecule has 2 aromatic carbocycles. The molecule has 42 heavy (non-hydrogen) atoms.